The van der Waals surface area contributed by atoms with Crippen LogP contribution in [-0.4, -0.2) is 16.8 Å². The average molecular weight is 225 g/mol. The molecule has 88 valence electrons. The topological polar surface area (TPSA) is 66.5 Å². The maximum atomic E-state index is 13.8. The standard InChI is InChI=1S/C12H16FNO2/c13-8-3-4-9(15)11(16)10(8)12(7-14)5-1-2-6-12/h3-4,15-16H,1-2,5-7,14H2. The lowest BCUT2D eigenvalue weighted by Crippen LogP contribution is -2.33. The number of nitrogens with two attached hydrogens (primary N) is 1. The molecule has 1 aromatic carbocycles. The van der Waals surface area contributed by atoms with Crippen molar-refractivity contribution in [3.05, 3.63) is 23.5 Å². The van der Waals surface area contributed by atoms with Crippen LogP contribution in [0.25, 0.3) is 0 Å². The second-order valence-electron chi connectivity index (χ2n) is 4.48. The van der Waals surface area contributed by atoms with E-state index in [1.54, 1.807) is 0 Å². The molecular formula is C12H16FNO2. The van der Waals surface area contributed by atoms with Crippen LogP contribution >= 0.6 is 0 Å². The van der Waals surface area contributed by atoms with Crippen molar-refractivity contribution in [2.45, 2.75) is 31.1 Å². The first-order valence-corrected chi connectivity index (χ1v) is 5.52. The molecule has 0 radical (unpaired) electrons. The van der Waals surface area contributed by atoms with E-state index < -0.39 is 11.2 Å². The molecule has 0 amide bonds. The van der Waals surface area contributed by atoms with Gasteiger partial charge in [-0.3, -0.25) is 0 Å². The first-order chi connectivity index (χ1) is 7.60. The van der Waals surface area contributed by atoms with Crippen molar-refractivity contribution in [3.63, 3.8) is 0 Å². The third-order valence-electron chi connectivity index (χ3n) is 3.59. The predicted octanol–water partition coefficient (Wildman–Crippen LogP) is 2.01. The molecule has 1 aliphatic rings. The molecule has 1 fully saturated rings. The van der Waals surface area contributed by atoms with Crippen LogP contribution in [0.4, 0.5) is 4.39 Å². The number of benzene rings is 1. The van der Waals surface area contributed by atoms with Gasteiger partial charge in [-0.1, -0.05) is 12.8 Å². The molecule has 1 saturated carbocycles. The maximum absolute atomic E-state index is 13.8. The summed E-state index contributed by atoms with van der Waals surface area (Å²) in [4.78, 5) is 0. The van der Waals surface area contributed by atoms with Crippen LogP contribution in [0.3, 0.4) is 0 Å². The van der Waals surface area contributed by atoms with Gasteiger partial charge >= 0.3 is 0 Å². The Morgan fingerprint density at radius 2 is 1.88 bits per heavy atom. The van der Waals surface area contributed by atoms with Crippen LogP contribution in [0.15, 0.2) is 12.1 Å². The Labute approximate surface area is 93.7 Å². The van der Waals surface area contributed by atoms with Gasteiger partial charge in [0, 0.05) is 17.5 Å². The van der Waals surface area contributed by atoms with Gasteiger partial charge in [-0.25, -0.2) is 4.39 Å². The third-order valence-corrected chi connectivity index (χ3v) is 3.59. The lowest BCUT2D eigenvalue weighted by atomic mass is 9.78. The summed E-state index contributed by atoms with van der Waals surface area (Å²) in [6.07, 6.45) is 3.48. The molecule has 0 unspecified atom stereocenters. The monoisotopic (exact) mass is 225 g/mol. The van der Waals surface area contributed by atoms with Crippen molar-refractivity contribution in [3.8, 4) is 11.5 Å². The largest absolute Gasteiger partial charge is 0.504 e. The maximum Gasteiger partial charge on any atom is 0.164 e. The summed E-state index contributed by atoms with van der Waals surface area (Å²) >= 11 is 0. The van der Waals surface area contributed by atoms with Crippen LogP contribution in [0.2, 0.25) is 0 Å². The van der Waals surface area contributed by atoms with Gasteiger partial charge in [0.1, 0.15) is 5.82 Å². The molecule has 0 bridgehead atoms. The Morgan fingerprint density at radius 1 is 1.25 bits per heavy atom. The van der Waals surface area contributed by atoms with Crippen LogP contribution in [-0.2, 0) is 5.41 Å². The molecular weight excluding hydrogens is 209 g/mol. The van der Waals surface area contributed by atoms with Crippen molar-refractivity contribution in [1.29, 1.82) is 0 Å². The van der Waals surface area contributed by atoms with Crippen LogP contribution in [0, 0.1) is 5.82 Å². The fraction of sp³-hybridized carbons (Fsp3) is 0.500. The average Bonchev–Trinajstić information content (AvgIpc) is 2.74. The van der Waals surface area contributed by atoms with Crippen molar-refractivity contribution in [2.75, 3.05) is 6.54 Å². The van der Waals surface area contributed by atoms with E-state index >= 15 is 0 Å². The Hall–Kier alpha value is -1.29. The summed E-state index contributed by atoms with van der Waals surface area (Å²) in [6, 6.07) is 2.34. The van der Waals surface area contributed by atoms with Gasteiger partial charge < -0.3 is 15.9 Å². The number of phenolic OH excluding ortho intramolecular Hbond substituents is 2. The van der Waals surface area contributed by atoms with E-state index in [0.29, 0.717) is 6.54 Å². The highest BCUT2D eigenvalue weighted by atomic mass is 19.1. The van der Waals surface area contributed by atoms with Gasteiger partial charge in [-0.15, -0.1) is 0 Å². The predicted molar refractivity (Wildman–Crippen MR) is 58.9 cm³/mol. The number of phenols is 2. The molecule has 3 nitrogen and oxygen atoms in total. The molecule has 2 rings (SSSR count). The lowest BCUT2D eigenvalue weighted by molar-refractivity contribution is 0.358. The van der Waals surface area contributed by atoms with Gasteiger partial charge in [0.15, 0.2) is 11.5 Å². The summed E-state index contributed by atoms with van der Waals surface area (Å²) < 4.78 is 13.8. The molecule has 0 aromatic heterocycles. The second kappa shape index (κ2) is 3.94. The van der Waals surface area contributed by atoms with Gasteiger partial charge in [-0.2, -0.15) is 0 Å². The summed E-state index contributed by atoms with van der Waals surface area (Å²) in [6.45, 7) is 0.293. The van der Waals surface area contributed by atoms with Gasteiger partial charge in [-0.05, 0) is 25.0 Å². The van der Waals surface area contributed by atoms with Gasteiger partial charge in [0.2, 0.25) is 0 Å². The minimum atomic E-state index is -0.507. The van der Waals surface area contributed by atoms with Gasteiger partial charge in [0.05, 0.1) is 0 Å². The van der Waals surface area contributed by atoms with Crippen LogP contribution in [0.5, 0.6) is 11.5 Å². The van der Waals surface area contributed by atoms with Gasteiger partial charge in [0.25, 0.3) is 0 Å². The molecule has 1 aliphatic carbocycles. The van der Waals surface area contributed by atoms with E-state index in [1.807, 2.05) is 0 Å². The number of aromatic hydroxyl groups is 2. The van der Waals surface area contributed by atoms with Crippen LogP contribution in [0.1, 0.15) is 31.2 Å². The minimum absolute atomic E-state index is 0.188. The summed E-state index contributed by atoms with van der Waals surface area (Å²) in [5.74, 6) is -1.12. The van der Waals surface area contributed by atoms with Crippen molar-refractivity contribution in [1.82, 2.24) is 0 Å². The molecule has 4 heteroatoms. The number of hydrogen-bond donors (Lipinski definition) is 3. The molecule has 1 aromatic rings. The molecule has 0 atom stereocenters. The highest BCUT2D eigenvalue weighted by molar-refractivity contribution is 5.49. The zero-order valence-corrected chi connectivity index (χ0v) is 9.04. The Balaban J connectivity index is 2.57. The Bertz CT molecular complexity index is 400. The van der Waals surface area contributed by atoms with E-state index in [2.05, 4.69) is 0 Å². The quantitative estimate of drug-likeness (QED) is 0.674. The molecule has 16 heavy (non-hydrogen) atoms. The fourth-order valence-corrected chi connectivity index (χ4v) is 2.67. The highest BCUT2D eigenvalue weighted by Gasteiger charge is 2.39. The summed E-state index contributed by atoms with van der Waals surface area (Å²) in [5.41, 5.74) is 5.41. The van der Waals surface area contributed by atoms with Crippen molar-refractivity contribution < 1.29 is 14.6 Å². The highest BCUT2D eigenvalue weighted by Crippen LogP contribution is 2.47. The third kappa shape index (κ3) is 1.53. The lowest BCUT2D eigenvalue weighted by Gasteiger charge is -2.29. The zero-order chi connectivity index (χ0) is 11.8. The van der Waals surface area contributed by atoms with E-state index in [0.717, 1.165) is 31.7 Å². The fourth-order valence-electron chi connectivity index (χ4n) is 2.67. The minimum Gasteiger partial charge on any atom is -0.504 e. The Kier molecular flexibility index (Phi) is 2.76. The molecule has 0 heterocycles. The first-order valence-electron chi connectivity index (χ1n) is 5.52. The summed E-state index contributed by atoms with van der Waals surface area (Å²) in [7, 11) is 0. The normalized spacial score (nSPS) is 18.9. The van der Waals surface area contributed by atoms with Crippen LogP contribution < -0.4 is 5.73 Å². The molecule has 0 spiro atoms. The number of rotatable bonds is 2. The zero-order valence-electron chi connectivity index (χ0n) is 9.04. The Morgan fingerprint density at radius 3 is 2.44 bits per heavy atom. The number of halogens is 1. The number of hydrogen-bond acceptors (Lipinski definition) is 3. The van der Waals surface area contributed by atoms with E-state index in [1.165, 1.54) is 6.07 Å². The molecule has 0 aliphatic heterocycles. The van der Waals surface area contributed by atoms with E-state index in [-0.39, 0.29) is 17.1 Å². The van der Waals surface area contributed by atoms with Crippen molar-refractivity contribution in [2.24, 2.45) is 5.73 Å². The SMILES string of the molecule is NCC1(c2c(F)ccc(O)c2O)CCCC1. The van der Waals surface area contributed by atoms with Crippen molar-refractivity contribution >= 4 is 0 Å². The van der Waals surface area contributed by atoms with E-state index in [9.17, 15) is 14.6 Å². The second-order valence-corrected chi connectivity index (χ2v) is 4.48. The smallest absolute Gasteiger partial charge is 0.164 e. The first kappa shape index (κ1) is 11.2. The molecule has 0 saturated heterocycles. The van der Waals surface area contributed by atoms with E-state index in [4.69, 9.17) is 5.73 Å². The summed E-state index contributed by atoms with van der Waals surface area (Å²) in [5, 5.41) is 19.2. The molecule has 4 N–H and O–H groups in total.